The van der Waals surface area contributed by atoms with Gasteiger partial charge in [0, 0.05) is 30.1 Å². The fraction of sp³-hybridized carbons (Fsp3) is 0.222. The van der Waals surface area contributed by atoms with Gasteiger partial charge in [-0.05, 0) is 36.8 Å². The van der Waals surface area contributed by atoms with Crippen LogP contribution in [0, 0.1) is 5.82 Å². The molecule has 0 radical (unpaired) electrons. The second kappa shape index (κ2) is 7.93. The maximum absolute atomic E-state index is 13.2. The van der Waals surface area contributed by atoms with E-state index in [0.29, 0.717) is 18.0 Å². The van der Waals surface area contributed by atoms with Gasteiger partial charge in [-0.2, -0.15) is 0 Å². The molecule has 2 amide bonds. The van der Waals surface area contributed by atoms with Crippen molar-refractivity contribution in [1.29, 1.82) is 0 Å². The van der Waals surface area contributed by atoms with E-state index in [1.165, 1.54) is 24.3 Å². The number of hydrogen-bond acceptors (Lipinski definition) is 3. The molecule has 136 valence electrons. The van der Waals surface area contributed by atoms with Gasteiger partial charge < -0.3 is 15.4 Å². The van der Waals surface area contributed by atoms with Crippen LogP contribution >= 0.6 is 23.2 Å². The van der Waals surface area contributed by atoms with Crippen LogP contribution in [-0.4, -0.2) is 24.4 Å². The van der Waals surface area contributed by atoms with Gasteiger partial charge in [-0.3, -0.25) is 9.59 Å². The molecule has 0 aliphatic carbocycles. The molecule has 3 rings (SSSR count). The van der Waals surface area contributed by atoms with Crippen molar-refractivity contribution in [3.63, 3.8) is 0 Å². The summed E-state index contributed by atoms with van der Waals surface area (Å²) in [6.45, 7) is 0.513. The highest BCUT2D eigenvalue weighted by atomic mass is 35.5. The molecule has 0 aromatic heterocycles. The summed E-state index contributed by atoms with van der Waals surface area (Å²) in [6, 6.07) is 7.98. The minimum absolute atomic E-state index is 0.0697. The van der Waals surface area contributed by atoms with E-state index >= 15 is 0 Å². The first-order valence-corrected chi connectivity index (χ1v) is 8.68. The smallest absolute Gasteiger partial charge is 0.255 e. The summed E-state index contributed by atoms with van der Waals surface area (Å²) in [5.41, 5.74) is 0.237. The third-order valence-electron chi connectivity index (χ3n) is 3.88. The van der Waals surface area contributed by atoms with Gasteiger partial charge in [-0.25, -0.2) is 4.39 Å². The largest absolute Gasteiger partial charge is 0.455 e. The number of benzene rings is 2. The molecule has 1 unspecified atom stereocenters. The van der Waals surface area contributed by atoms with Gasteiger partial charge in [0.05, 0.1) is 10.6 Å². The highest BCUT2D eigenvalue weighted by Gasteiger charge is 2.23. The normalized spacial score (nSPS) is 16.7. The molecule has 0 bridgehead atoms. The molecule has 2 N–H and O–H groups in total. The molecule has 2 aromatic carbocycles. The minimum atomic E-state index is -0.498. The average molecular weight is 397 g/mol. The molecule has 0 saturated carbocycles. The summed E-state index contributed by atoms with van der Waals surface area (Å²) in [4.78, 5) is 24.1. The van der Waals surface area contributed by atoms with Gasteiger partial charge in [0.25, 0.3) is 5.91 Å². The molecule has 1 heterocycles. The van der Waals surface area contributed by atoms with Crippen LogP contribution in [0.4, 0.5) is 4.39 Å². The Kier molecular flexibility index (Phi) is 5.64. The van der Waals surface area contributed by atoms with Crippen LogP contribution in [0.1, 0.15) is 23.2 Å². The number of hydrogen-bond donors (Lipinski definition) is 2. The highest BCUT2D eigenvalue weighted by Crippen LogP contribution is 2.33. The van der Waals surface area contributed by atoms with Crippen LogP contribution in [0.15, 0.2) is 36.4 Å². The lowest BCUT2D eigenvalue weighted by Crippen LogP contribution is -2.45. The molecule has 26 heavy (non-hydrogen) atoms. The van der Waals surface area contributed by atoms with Crippen LogP contribution in [0.5, 0.6) is 11.5 Å². The molecule has 5 nitrogen and oxygen atoms in total. The summed E-state index contributed by atoms with van der Waals surface area (Å²) in [7, 11) is 0. The van der Waals surface area contributed by atoms with Crippen molar-refractivity contribution in [2.24, 2.45) is 0 Å². The Morgan fingerprint density at radius 2 is 2.00 bits per heavy atom. The molecule has 0 spiro atoms. The number of ether oxygens (including phenoxy) is 1. The van der Waals surface area contributed by atoms with Crippen LogP contribution in [0.3, 0.4) is 0 Å². The van der Waals surface area contributed by atoms with E-state index in [2.05, 4.69) is 10.6 Å². The number of carbonyl (C=O) groups is 2. The van der Waals surface area contributed by atoms with Crippen molar-refractivity contribution in [3.8, 4) is 11.5 Å². The van der Waals surface area contributed by atoms with Crippen LogP contribution in [0.25, 0.3) is 0 Å². The van der Waals surface area contributed by atoms with Crippen LogP contribution in [-0.2, 0) is 4.79 Å². The summed E-state index contributed by atoms with van der Waals surface area (Å²) in [6.07, 6.45) is 0.865. The Balaban J connectivity index is 1.83. The zero-order chi connectivity index (χ0) is 18.7. The van der Waals surface area contributed by atoms with E-state index in [0.717, 1.165) is 6.07 Å². The lowest BCUT2D eigenvalue weighted by atomic mass is 10.1. The van der Waals surface area contributed by atoms with Gasteiger partial charge in [-0.1, -0.05) is 23.2 Å². The Bertz CT molecular complexity index is 860. The maximum Gasteiger partial charge on any atom is 0.255 e. The van der Waals surface area contributed by atoms with Crippen LogP contribution < -0.4 is 15.4 Å². The Morgan fingerprint density at radius 1 is 1.19 bits per heavy atom. The van der Waals surface area contributed by atoms with Crippen LogP contribution in [0.2, 0.25) is 10.0 Å². The van der Waals surface area contributed by atoms with E-state index in [9.17, 15) is 14.0 Å². The summed E-state index contributed by atoms with van der Waals surface area (Å²) >= 11 is 12.0. The number of rotatable bonds is 4. The monoisotopic (exact) mass is 396 g/mol. The topological polar surface area (TPSA) is 67.4 Å². The lowest BCUT2D eigenvalue weighted by molar-refractivity contribution is -0.122. The maximum atomic E-state index is 13.2. The quantitative estimate of drug-likeness (QED) is 0.822. The Morgan fingerprint density at radius 3 is 2.73 bits per heavy atom. The van der Waals surface area contributed by atoms with Gasteiger partial charge >= 0.3 is 0 Å². The predicted octanol–water partition coefficient (Wildman–Crippen LogP) is 3.93. The summed E-state index contributed by atoms with van der Waals surface area (Å²) in [5.74, 6) is -0.617. The first kappa shape index (κ1) is 18.5. The zero-order valence-electron chi connectivity index (χ0n) is 13.5. The number of halogens is 3. The first-order valence-electron chi connectivity index (χ1n) is 7.92. The van der Waals surface area contributed by atoms with Crippen molar-refractivity contribution in [2.75, 3.05) is 6.54 Å². The fourth-order valence-electron chi connectivity index (χ4n) is 2.61. The average Bonchev–Trinajstić information content (AvgIpc) is 2.57. The minimum Gasteiger partial charge on any atom is -0.455 e. The zero-order valence-corrected chi connectivity index (χ0v) is 15.0. The van der Waals surface area contributed by atoms with Crippen molar-refractivity contribution < 1.29 is 18.7 Å². The summed E-state index contributed by atoms with van der Waals surface area (Å²) in [5, 5.41) is 5.97. The Labute approximate surface area is 159 Å². The van der Waals surface area contributed by atoms with Crippen molar-refractivity contribution in [3.05, 3.63) is 57.8 Å². The number of nitrogens with one attached hydrogen (secondary N) is 2. The number of amides is 2. The highest BCUT2D eigenvalue weighted by molar-refractivity contribution is 6.32. The SMILES string of the molecule is O=C1CC(NC(=O)c2ccc(Cl)cc2Oc2ccc(F)cc2Cl)CCN1. The first-order chi connectivity index (χ1) is 12.4. The van der Waals surface area contributed by atoms with Gasteiger partial charge in [0.2, 0.25) is 5.91 Å². The molecular formula is C18H15Cl2FN2O3. The van der Waals surface area contributed by atoms with E-state index in [-0.39, 0.29) is 40.5 Å². The number of piperidine rings is 1. The predicted molar refractivity (Wildman–Crippen MR) is 96.4 cm³/mol. The third-order valence-corrected chi connectivity index (χ3v) is 4.41. The Hall–Kier alpha value is -2.31. The molecular weight excluding hydrogens is 382 g/mol. The van der Waals surface area contributed by atoms with E-state index < -0.39 is 11.7 Å². The molecule has 1 saturated heterocycles. The van der Waals surface area contributed by atoms with Gasteiger partial charge in [0.15, 0.2) is 0 Å². The van der Waals surface area contributed by atoms with Gasteiger partial charge in [-0.15, -0.1) is 0 Å². The summed E-state index contributed by atoms with van der Waals surface area (Å²) < 4.78 is 18.9. The van der Waals surface area contributed by atoms with Gasteiger partial charge in [0.1, 0.15) is 17.3 Å². The molecule has 1 aliphatic rings. The number of carbonyl (C=O) groups excluding carboxylic acids is 2. The van der Waals surface area contributed by atoms with E-state index in [1.54, 1.807) is 6.07 Å². The fourth-order valence-corrected chi connectivity index (χ4v) is 2.98. The molecule has 1 atom stereocenters. The van der Waals surface area contributed by atoms with E-state index in [4.69, 9.17) is 27.9 Å². The molecule has 1 fully saturated rings. The lowest BCUT2D eigenvalue weighted by Gasteiger charge is -2.23. The van der Waals surface area contributed by atoms with Crippen molar-refractivity contribution in [2.45, 2.75) is 18.9 Å². The second-order valence-electron chi connectivity index (χ2n) is 5.83. The molecule has 1 aliphatic heterocycles. The molecule has 2 aromatic rings. The molecule has 8 heteroatoms. The standard InChI is InChI=1S/C18H15Cl2FN2O3/c19-10-1-3-13(18(25)23-12-5-6-22-17(24)9-12)16(7-10)26-15-4-2-11(21)8-14(15)20/h1-4,7-8,12H,5-6,9H2,(H,22,24)(H,23,25). The van der Waals surface area contributed by atoms with Crippen molar-refractivity contribution in [1.82, 2.24) is 10.6 Å². The second-order valence-corrected chi connectivity index (χ2v) is 6.67. The third kappa shape index (κ3) is 4.45. The van der Waals surface area contributed by atoms with E-state index in [1.807, 2.05) is 0 Å². The van der Waals surface area contributed by atoms with Crippen molar-refractivity contribution >= 4 is 35.0 Å².